The molecule has 0 fully saturated rings. The monoisotopic (exact) mass is 675 g/mol. The molecule has 3 nitrogen and oxygen atoms in total. The highest BCUT2D eigenvalue weighted by molar-refractivity contribution is 6.19. The molecule has 0 saturated carbocycles. The molecule has 0 unspecified atom stereocenters. The van der Waals surface area contributed by atoms with Crippen LogP contribution in [0.25, 0.3) is 97.7 Å². The third kappa shape index (κ3) is 4.22. The molecule has 246 valence electrons. The summed E-state index contributed by atoms with van der Waals surface area (Å²) in [6.07, 6.45) is 0. The number of fused-ring (bicyclic) bond motifs is 14. The highest BCUT2D eigenvalue weighted by Crippen LogP contribution is 2.43. The quantitative estimate of drug-likeness (QED) is 0.175. The van der Waals surface area contributed by atoms with Gasteiger partial charge in [0.15, 0.2) is 0 Å². The van der Waals surface area contributed by atoms with Crippen LogP contribution in [0.15, 0.2) is 185 Å². The third-order valence-corrected chi connectivity index (χ3v) is 11.2. The Kier molecular flexibility index (Phi) is 5.77. The van der Waals surface area contributed by atoms with Crippen LogP contribution in [0, 0.1) is 0 Å². The Labute approximate surface area is 303 Å². The minimum absolute atomic E-state index is 0.871. The van der Waals surface area contributed by atoms with E-state index in [-0.39, 0.29) is 0 Å². The van der Waals surface area contributed by atoms with Gasteiger partial charge in [0.25, 0.3) is 0 Å². The molecule has 0 aliphatic heterocycles. The average molecular weight is 676 g/mol. The van der Waals surface area contributed by atoms with Gasteiger partial charge in [0, 0.05) is 44.7 Å². The lowest BCUT2D eigenvalue weighted by Gasteiger charge is -2.26. The Balaban J connectivity index is 1.07. The zero-order valence-electron chi connectivity index (χ0n) is 28.5. The average Bonchev–Trinajstić information content (AvgIpc) is 3.77. The van der Waals surface area contributed by atoms with Crippen molar-refractivity contribution in [2.75, 3.05) is 4.90 Å². The van der Waals surface area contributed by atoms with Crippen LogP contribution in [0.1, 0.15) is 0 Å². The van der Waals surface area contributed by atoms with Gasteiger partial charge in [-0.3, -0.25) is 0 Å². The lowest BCUT2D eigenvalue weighted by atomic mass is 9.96. The Bertz CT molecular complexity index is 3480. The van der Waals surface area contributed by atoms with Gasteiger partial charge in [-0.05, 0) is 115 Å². The summed E-state index contributed by atoms with van der Waals surface area (Å²) in [5, 5.41) is 16.8. The summed E-state index contributed by atoms with van der Waals surface area (Å²) in [6.45, 7) is 0. The van der Waals surface area contributed by atoms with E-state index in [4.69, 9.17) is 8.83 Å². The van der Waals surface area contributed by atoms with Gasteiger partial charge < -0.3 is 13.7 Å². The first-order valence-corrected chi connectivity index (χ1v) is 18.1. The zero-order chi connectivity index (χ0) is 34.6. The van der Waals surface area contributed by atoms with Crippen LogP contribution in [0.4, 0.5) is 17.1 Å². The molecule has 0 aliphatic rings. The van der Waals surface area contributed by atoms with Gasteiger partial charge in [-0.2, -0.15) is 0 Å². The SMILES string of the molecule is c1ccc2c(c1)ccc1c3ccc(N(c4ccc5c(ccc6cc7oc8ccccc8c7cc65)c4)c4ccc5c(c4)oc4ccccc45)cc3ccc21. The predicted octanol–water partition coefficient (Wildman–Crippen LogP) is 14.7. The van der Waals surface area contributed by atoms with E-state index in [2.05, 4.69) is 157 Å². The van der Waals surface area contributed by atoms with Crippen LogP contribution < -0.4 is 4.90 Å². The standard InChI is InChI=1S/C50H29NO2/c1-2-8-37-30(7-1)15-20-41-38-22-17-34(26-32(38)16-21-40(37)41)51(36-19-24-44-42-9-3-5-11-47(42)53-50(44)28-36)35-18-23-39-31(25-35)13-14-33-27-49-46(29-45(33)39)43-10-4-6-12-48(43)52-49/h1-29H. The molecule has 2 aromatic heterocycles. The van der Waals surface area contributed by atoms with Gasteiger partial charge in [-0.1, -0.05) is 109 Å². The van der Waals surface area contributed by atoms with Crippen molar-refractivity contribution in [2.24, 2.45) is 0 Å². The van der Waals surface area contributed by atoms with Gasteiger partial charge in [-0.15, -0.1) is 0 Å². The summed E-state index contributed by atoms with van der Waals surface area (Å²) in [6, 6.07) is 63.4. The van der Waals surface area contributed by atoms with Crippen molar-refractivity contribution in [3.05, 3.63) is 176 Å². The second-order valence-electron chi connectivity index (χ2n) is 14.1. The zero-order valence-corrected chi connectivity index (χ0v) is 28.5. The topological polar surface area (TPSA) is 29.5 Å². The number of para-hydroxylation sites is 2. The Morgan fingerprint density at radius 1 is 0.245 bits per heavy atom. The highest BCUT2D eigenvalue weighted by Gasteiger charge is 2.18. The summed E-state index contributed by atoms with van der Waals surface area (Å²) in [5.41, 5.74) is 6.80. The van der Waals surface area contributed by atoms with Gasteiger partial charge in [0.05, 0.1) is 0 Å². The molecule has 0 aliphatic carbocycles. The summed E-state index contributed by atoms with van der Waals surface area (Å²) in [7, 11) is 0. The van der Waals surface area contributed by atoms with Crippen LogP contribution >= 0.6 is 0 Å². The first-order valence-electron chi connectivity index (χ1n) is 18.1. The summed E-state index contributed by atoms with van der Waals surface area (Å²) >= 11 is 0. The second kappa shape index (κ2) is 10.7. The summed E-state index contributed by atoms with van der Waals surface area (Å²) < 4.78 is 12.6. The minimum Gasteiger partial charge on any atom is -0.456 e. The first kappa shape index (κ1) is 28.6. The van der Waals surface area contributed by atoms with Crippen LogP contribution in [-0.4, -0.2) is 0 Å². The van der Waals surface area contributed by atoms with E-state index >= 15 is 0 Å². The maximum absolute atomic E-state index is 6.41. The van der Waals surface area contributed by atoms with Crippen LogP contribution in [0.5, 0.6) is 0 Å². The number of furan rings is 2. The minimum atomic E-state index is 0.871. The highest BCUT2D eigenvalue weighted by atomic mass is 16.3. The van der Waals surface area contributed by atoms with E-state index in [1.807, 2.05) is 24.3 Å². The van der Waals surface area contributed by atoms with E-state index in [1.54, 1.807) is 0 Å². The van der Waals surface area contributed by atoms with Crippen LogP contribution in [0.3, 0.4) is 0 Å². The molecule has 0 bridgehead atoms. The number of hydrogen-bond acceptors (Lipinski definition) is 3. The number of hydrogen-bond donors (Lipinski definition) is 0. The van der Waals surface area contributed by atoms with E-state index in [9.17, 15) is 0 Å². The smallest absolute Gasteiger partial charge is 0.137 e. The van der Waals surface area contributed by atoms with Crippen molar-refractivity contribution in [1.82, 2.24) is 0 Å². The van der Waals surface area contributed by atoms with Crippen molar-refractivity contribution in [3.63, 3.8) is 0 Å². The lowest BCUT2D eigenvalue weighted by Crippen LogP contribution is -2.10. The maximum Gasteiger partial charge on any atom is 0.137 e. The van der Waals surface area contributed by atoms with Crippen molar-refractivity contribution >= 4 is 115 Å². The van der Waals surface area contributed by atoms with Gasteiger partial charge in [-0.25, -0.2) is 0 Å². The Hall–Kier alpha value is -7.10. The molecular formula is C50H29NO2. The molecule has 10 aromatic carbocycles. The number of anilines is 3. The number of rotatable bonds is 3. The largest absolute Gasteiger partial charge is 0.456 e. The fourth-order valence-electron chi connectivity index (χ4n) is 8.67. The fraction of sp³-hybridized carbons (Fsp3) is 0. The van der Waals surface area contributed by atoms with Crippen LogP contribution in [-0.2, 0) is 0 Å². The lowest BCUT2D eigenvalue weighted by molar-refractivity contribution is 0.669. The maximum atomic E-state index is 6.41. The van der Waals surface area contributed by atoms with Crippen molar-refractivity contribution in [2.45, 2.75) is 0 Å². The molecule has 12 rings (SSSR count). The second-order valence-corrected chi connectivity index (χ2v) is 14.1. The Morgan fingerprint density at radius 3 is 1.38 bits per heavy atom. The van der Waals surface area contributed by atoms with Crippen molar-refractivity contribution < 1.29 is 8.83 Å². The summed E-state index contributed by atoms with van der Waals surface area (Å²) in [4.78, 5) is 2.35. The fourth-order valence-corrected chi connectivity index (χ4v) is 8.67. The molecule has 2 heterocycles. The van der Waals surface area contributed by atoms with Crippen LogP contribution in [0.2, 0.25) is 0 Å². The van der Waals surface area contributed by atoms with E-state index in [0.29, 0.717) is 0 Å². The normalized spacial score (nSPS) is 12.2. The van der Waals surface area contributed by atoms with Gasteiger partial charge in [0.2, 0.25) is 0 Å². The first-order chi connectivity index (χ1) is 26.2. The molecular weight excluding hydrogens is 647 g/mol. The molecule has 53 heavy (non-hydrogen) atoms. The molecule has 0 atom stereocenters. The molecule has 12 aromatic rings. The van der Waals surface area contributed by atoms with E-state index < -0.39 is 0 Å². The van der Waals surface area contributed by atoms with Crippen molar-refractivity contribution in [1.29, 1.82) is 0 Å². The number of benzene rings is 10. The Morgan fingerprint density at radius 2 is 0.679 bits per heavy atom. The predicted molar refractivity (Wildman–Crippen MR) is 223 cm³/mol. The third-order valence-electron chi connectivity index (χ3n) is 11.2. The molecule has 0 N–H and O–H groups in total. The van der Waals surface area contributed by atoms with E-state index in [0.717, 1.165) is 60.9 Å². The van der Waals surface area contributed by atoms with Crippen molar-refractivity contribution in [3.8, 4) is 0 Å². The molecule has 0 spiro atoms. The molecule has 0 amide bonds. The van der Waals surface area contributed by atoms with Gasteiger partial charge >= 0.3 is 0 Å². The molecule has 0 saturated heterocycles. The van der Waals surface area contributed by atoms with Gasteiger partial charge in [0.1, 0.15) is 22.3 Å². The van der Waals surface area contributed by atoms with E-state index in [1.165, 1.54) is 53.9 Å². The molecule has 3 heteroatoms. The summed E-state index contributed by atoms with van der Waals surface area (Å²) in [5.74, 6) is 0. The number of nitrogens with zero attached hydrogens (tertiary/aromatic N) is 1. The molecule has 0 radical (unpaired) electrons.